The smallest absolute Gasteiger partial charge is 0.242 e. The molecule has 3 aliphatic heterocycles. The van der Waals surface area contributed by atoms with Crippen molar-refractivity contribution in [2.24, 2.45) is 11.3 Å². The molecular weight excluding hydrogens is 430 g/mol. The number of aliphatic hydroxyl groups excluding tert-OH is 1. The summed E-state index contributed by atoms with van der Waals surface area (Å²) in [5.74, 6) is 1.18. The van der Waals surface area contributed by atoms with Crippen molar-refractivity contribution in [2.75, 3.05) is 19.7 Å². The molecular formula is C24H30ClN3O4. The predicted octanol–water partition coefficient (Wildman–Crippen LogP) is 3.59. The lowest BCUT2D eigenvalue weighted by atomic mass is 9.64. The van der Waals surface area contributed by atoms with E-state index in [-0.39, 0.29) is 42.1 Å². The monoisotopic (exact) mass is 459 g/mol. The number of benzene rings is 1. The minimum Gasteiger partial charge on any atom is -0.487 e. The molecule has 2 fully saturated rings. The second-order valence-corrected chi connectivity index (χ2v) is 10.4. The van der Waals surface area contributed by atoms with Gasteiger partial charge in [-0.15, -0.1) is 0 Å². The molecule has 2 unspecified atom stereocenters. The average molecular weight is 460 g/mol. The topological polar surface area (TPSA) is 76.8 Å². The molecule has 5 rings (SSSR count). The highest BCUT2D eigenvalue weighted by atomic mass is 35.5. The van der Waals surface area contributed by atoms with Crippen LogP contribution in [0.2, 0.25) is 5.02 Å². The van der Waals surface area contributed by atoms with Gasteiger partial charge in [-0.05, 0) is 56.7 Å². The first-order valence-electron chi connectivity index (χ1n) is 11.3. The number of carbonyl (C=O) groups is 1. The first kappa shape index (κ1) is 21.7. The van der Waals surface area contributed by atoms with E-state index in [0.717, 1.165) is 43.7 Å². The van der Waals surface area contributed by atoms with Gasteiger partial charge in [-0.3, -0.25) is 4.79 Å². The summed E-state index contributed by atoms with van der Waals surface area (Å²) in [5, 5.41) is 9.86. The van der Waals surface area contributed by atoms with E-state index in [1.54, 1.807) is 17.1 Å². The molecule has 2 saturated heterocycles. The number of hydrogen-bond acceptors (Lipinski definition) is 5. The van der Waals surface area contributed by atoms with Gasteiger partial charge in [0, 0.05) is 35.8 Å². The summed E-state index contributed by atoms with van der Waals surface area (Å²) in [7, 11) is 0. The number of likely N-dealkylation sites (tertiary alicyclic amines) is 1. The molecule has 2 aromatic rings. The van der Waals surface area contributed by atoms with Crippen LogP contribution in [-0.2, 0) is 22.7 Å². The number of carbonyl (C=O) groups excluding carboxylic acids is 1. The van der Waals surface area contributed by atoms with Gasteiger partial charge in [0.1, 0.15) is 17.9 Å². The molecule has 4 heterocycles. The van der Waals surface area contributed by atoms with Crippen molar-refractivity contribution in [3.63, 3.8) is 0 Å². The minimum atomic E-state index is -0.336. The van der Waals surface area contributed by atoms with Crippen molar-refractivity contribution in [3.05, 3.63) is 47.0 Å². The summed E-state index contributed by atoms with van der Waals surface area (Å²) >= 11 is 6.27. The zero-order chi connectivity index (χ0) is 22.5. The van der Waals surface area contributed by atoms with E-state index in [9.17, 15) is 4.79 Å². The summed E-state index contributed by atoms with van der Waals surface area (Å²) in [6.07, 6.45) is 6.16. The number of ether oxygens (including phenoxy) is 2. The normalized spacial score (nSPS) is 25.7. The molecule has 2 atom stereocenters. The minimum absolute atomic E-state index is 0.0142. The fourth-order valence-electron chi connectivity index (χ4n) is 5.54. The van der Waals surface area contributed by atoms with Gasteiger partial charge in [0.2, 0.25) is 5.91 Å². The second kappa shape index (κ2) is 8.04. The second-order valence-electron chi connectivity index (χ2n) is 10.0. The molecule has 0 radical (unpaired) electrons. The Balaban J connectivity index is 1.26. The SMILES string of the molecule is CC1(C)Oc2ccc(Cl)cc2C2OCC3(CCN(C(=O)Cn4cnc(CO)c4)CC3)CC21. The molecule has 0 saturated carbocycles. The zero-order valence-electron chi connectivity index (χ0n) is 18.6. The molecule has 32 heavy (non-hydrogen) atoms. The number of aromatic nitrogens is 2. The first-order chi connectivity index (χ1) is 15.3. The van der Waals surface area contributed by atoms with E-state index in [4.69, 9.17) is 26.2 Å². The van der Waals surface area contributed by atoms with E-state index < -0.39 is 0 Å². The van der Waals surface area contributed by atoms with Crippen molar-refractivity contribution < 1.29 is 19.4 Å². The first-order valence-corrected chi connectivity index (χ1v) is 11.7. The van der Waals surface area contributed by atoms with Crippen LogP contribution >= 0.6 is 11.6 Å². The largest absolute Gasteiger partial charge is 0.487 e. The van der Waals surface area contributed by atoms with Crippen LogP contribution < -0.4 is 4.74 Å². The summed E-state index contributed by atoms with van der Waals surface area (Å²) in [6.45, 7) is 6.57. The molecule has 1 aromatic carbocycles. The summed E-state index contributed by atoms with van der Waals surface area (Å²) in [6, 6.07) is 5.78. The van der Waals surface area contributed by atoms with Crippen molar-refractivity contribution >= 4 is 17.5 Å². The van der Waals surface area contributed by atoms with Crippen LogP contribution in [0, 0.1) is 11.3 Å². The fourth-order valence-corrected chi connectivity index (χ4v) is 5.72. The van der Waals surface area contributed by atoms with E-state index in [2.05, 4.69) is 18.8 Å². The Kier molecular flexibility index (Phi) is 5.47. The third kappa shape index (κ3) is 3.91. The highest BCUT2D eigenvalue weighted by Gasteiger charge is 2.52. The highest BCUT2D eigenvalue weighted by Crippen LogP contribution is 2.55. The van der Waals surface area contributed by atoms with Crippen molar-refractivity contribution in [1.29, 1.82) is 0 Å². The number of imidazole rings is 1. The van der Waals surface area contributed by atoms with Gasteiger partial charge in [0.15, 0.2) is 0 Å². The maximum absolute atomic E-state index is 12.8. The lowest BCUT2D eigenvalue weighted by Gasteiger charge is -2.54. The van der Waals surface area contributed by atoms with Crippen LogP contribution in [0.3, 0.4) is 0 Å². The predicted molar refractivity (Wildman–Crippen MR) is 119 cm³/mol. The Morgan fingerprint density at radius 3 is 2.81 bits per heavy atom. The maximum Gasteiger partial charge on any atom is 0.242 e. The van der Waals surface area contributed by atoms with Gasteiger partial charge in [-0.1, -0.05) is 11.6 Å². The average Bonchev–Trinajstić information content (AvgIpc) is 3.22. The van der Waals surface area contributed by atoms with Crippen LogP contribution in [0.25, 0.3) is 0 Å². The highest BCUT2D eigenvalue weighted by molar-refractivity contribution is 6.30. The molecule has 1 aromatic heterocycles. The Bertz CT molecular complexity index is 1010. The maximum atomic E-state index is 12.8. The molecule has 0 aliphatic carbocycles. The van der Waals surface area contributed by atoms with Crippen molar-refractivity contribution in [2.45, 2.75) is 58.0 Å². The van der Waals surface area contributed by atoms with Gasteiger partial charge in [-0.25, -0.2) is 4.98 Å². The molecule has 0 bridgehead atoms. The summed E-state index contributed by atoms with van der Waals surface area (Å²) in [4.78, 5) is 18.8. The zero-order valence-corrected chi connectivity index (χ0v) is 19.3. The van der Waals surface area contributed by atoms with Gasteiger partial charge < -0.3 is 24.0 Å². The van der Waals surface area contributed by atoms with Crippen LogP contribution in [0.5, 0.6) is 5.75 Å². The summed E-state index contributed by atoms with van der Waals surface area (Å²) < 4.78 is 14.6. The molecule has 1 N–H and O–H groups in total. The van der Waals surface area contributed by atoms with Crippen LogP contribution in [0.15, 0.2) is 30.7 Å². The number of amides is 1. The number of rotatable bonds is 3. The van der Waals surface area contributed by atoms with Crippen LogP contribution in [-0.4, -0.2) is 50.8 Å². The number of hydrogen-bond donors (Lipinski definition) is 1. The standard InChI is InChI=1S/C24H30ClN3O4/c1-23(2)19-10-24(14-31-22(19)18-9-16(25)3-4-20(18)32-23)5-7-28(8-6-24)21(30)12-27-11-17(13-29)26-15-27/h3-4,9,11,15,19,22,29H,5-8,10,12-14H2,1-2H3. The van der Waals surface area contributed by atoms with Crippen LogP contribution in [0.1, 0.15) is 50.5 Å². The van der Waals surface area contributed by atoms with Crippen LogP contribution in [0.4, 0.5) is 0 Å². The lowest BCUT2D eigenvalue weighted by molar-refractivity contribution is -0.176. The third-order valence-corrected chi connectivity index (χ3v) is 7.71. The summed E-state index contributed by atoms with van der Waals surface area (Å²) in [5.41, 5.74) is 1.35. The number of aliphatic hydroxyl groups is 1. The molecule has 7 nitrogen and oxygen atoms in total. The Hall–Kier alpha value is -2.09. The number of halogens is 1. The van der Waals surface area contributed by atoms with E-state index in [1.807, 2.05) is 23.1 Å². The molecule has 8 heteroatoms. The molecule has 3 aliphatic rings. The fraction of sp³-hybridized carbons (Fsp3) is 0.583. The Morgan fingerprint density at radius 2 is 2.09 bits per heavy atom. The Morgan fingerprint density at radius 1 is 1.31 bits per heavy atom. The van der Waals surface area contributed by atoms with Crippen molar-refractivity contribution in [1.82, 2.24) is 14.5 Å². The van der Waals surface area contributed by atoms with Crippen molar-refractivity contribution in [3.8, 4) is 5.75 Å². The van der Waals surface area contributed by atoms with E-state index in [0.29, 0.717) is 17.3 Å². The van der Waals surface area contributed by atoms with Gasteiger partial charge in [0.25, 0.3) is 0 Å². The lowest BCUT2D eigenvalue weighted by Crippen LogP contribution is -2.54. The molecule has 1 amide bonds. The number of fused-ring (bicyclic) bond motifs is 3. The third-order valence-electron chi connectivity index (χ3n) is 7.48. The van der Waals surface area contributed by atoms with Gasteiger partial charge in [0.05, 0.1) is 31.3 Å². The number of piperidine rings is 1. The van der Waals surface area contributed by atoms with Gasteiger partial charge in [-0.2, -0.15) is 0 Å². The quantitative estimate of drug-likeness (QED) is 0.759. The number of nitrogens with zero attached hydrogens (tertiary/aromatic N) is 3. The van der Waals surface area contributed by atoms with E-state index >= 15 is 0 Å². The molecule has 172 valence electrons. The van der Waals surface area contributed by atoms with E-state index in [1.165, 1.54) is 0 Å². The molecule has 1 spiro atoms. The van der Waals surface area contributed by atoms with Gasteiger partial charge >= 0.3 is 0 Å². The Labute approximate surface area is 193 Å².